The first kappa shape index (κ1) is 15.0. The summed E-state index contributed by atoms with van der Waals surface area (Å²) in [5.74, 6) is 0.0229. The highest BCUT2D eigenvalue weighted by Crippen LogP contribution is 2.11. The van der Waals surface area contributed by atoms with E-state index >= 15 is 0 Å². The van der Waals surface area contributed by atoms with Crippen LogP contribution >= 0.6 is 22.6 Å². The van der Waals surface area contributed by atoms with E-state index in [4.69, 9.17) is 0 Å². The number of carbonyl (C=O) groups is 1. The molecule has 0 heterocycles. The molecule has 0 saturated carbocycles. The van der Waals surface area contributed by atoms with Crippen LogP contribution in [0.25, 0.3) is 0 Å². The fourth-order valence-corrected chi connectivity index (χ4v) is 2.67. The Morgan fingerprint density at radius 1 is 0.950 bits per heavy atom. The van der Waals surface area contributed by atoms with Gasteiger partial charge in [0.1, 0.15) is 0 Å². The van der Waals surface area contributed by atoms with Crippen LogP contribution in [0.5, 0.6) is 0 Å². The Kier molecular flexibility index (Phi) is 6.05. The second-order valence-corrected chi connectivity index (χ2v) is 5.84. The lowest BCUT2D eigenvalue weighted by molar-refractivity contribution is 0.0952. The Labute approximate surface area is 133 Å². The smallest absolute Gasteiger partial charge is 0.252 e. The predicted octanol–water partition coefficient (Wildman–Crippen LogP) is 4.04. The molecule has 0 saturated heterocycles. The van der Waals surface area contributed by atoms with Gasteiger partial charge in [-0.2, -0.15) is 0 Å². The molecule has 0 unspecified atom stereocenters. The van der Waals surface area contributed by atoms with Crippen LogP contribution in [-0.4, -0.2) is 12.5 Å². The van der Waals surface area contributed by atoms with E-state index in [0.717, 1.165) is 34.9 Å². The van der Waals surface area contributed by atoms with Gasteiger partial charge in [-0.1, -0.05) is 42.5 Å². The van der Waals surface area contributed by atoms with E-state index in [-0.39, 0.29) is 5.91 Å². The number of hydrogen-bond donors (Lipinski definition) is 1. The minimum atomic E-state index is 0.0229. The number of unbranched alkanes of at least 4 members (excludes halogenated alkanes) is 1. The lowest BCUT2D eigenvalue weighted by atomic mass is 10.1. The molecule has 2 nitrogen and oxygen atoms in total. The van der Waals surface area contributed by atoms with Crippen molar-refractivity contribution >= 4 is 28.5 Å². The average molecular weight is 379 g/mol. The molecule has 0 aliphatic rings. The van der Waals surface area contributed by atoms with Crippen LogP contribution in [0.3, 0.4) is 0 Å². The van der Waals surface area contributed by atoms with Gasteiger partial charge in [0.25, 0.3) is 5.91 Å². The summed E-state index contributed by atoms with van der Waals surface area (Å²) in [5.41, 5.74) is 2.12. The van der Waals surface area contributed by atoms with Crippen molar-refractivity contribution in [2.45, 2.75) is 19.3 Å². The Morgan fingerprint density at radius 3 is 2.40 bits per heavy atom. The predicted molar refractivity (Wildman–Crippen MR) is 90.9 cm³/mol. The van der Waals surface area contributed by atoms with E-state index < -0.39 is 0 Å². The van der Waals surface area contributed by atoms with E-state index in [1.165, 1.54) is 5.56 Å². The van der Waals surface area contributed by atoms with Crippen molar-refractivity contribution in [3.63, 3.8) is 0 Å². The fourth-order valence-electron chi connectivity index (χ4n) is 2.04. The molecule has 20 heavy (non-hydrogen) atoms. The van der Waals surface area contributed by atoms with Crippen molar-refractivity contribution in [1.82, 2.24) is 5.32 Å². The summed E-state index contributed by atoms with van der Waals surface area (Å²) in [7, 11) is 0. The molecule has 3 heteroatoms. The van der Waals surface area contributed by atoms with E-state index in [2.05, 4.69) is 52.2 Å². The van der Waals surface area contributed by atoms with Gasteiger partial charge in [-0.3, -0.25) is 4.79 Å². The molecular weight excluding hydrogens is 361 g/mol. The van der Waals surface area contributed by atoms with Crippen LogP contribution in [-0.2, 0) is 6.42 Å². The number of carbonyl (C=O) groups excluding carboxylic acids is 1. The van der Waals surface area contributed by atoms with E-state index in [1.807, 2.05) is 30.3 Å². The van der Waals surface area contributed by atoms with Crippen LogP contribution in [0.1, 0.15) is 28.8 Å². The Hall–Kier alpha value is -1.36. The highest BCUT2D eigenvalue weighted by molar-refractivity contribution is 14.1. The molecule has 2 aromatic rings. The second kappa shape index (κ2) is 8.04. The Balaban J connectivity index is 1.69. The minimum absolute atomic E-state index is 0.0229. The Morgan fingerprint density at radius 2 is 1.65 bits per heavy atom. The minimum Gasteiger partial charge on any atom is -0.352 e. The van der Waals surface area contributed by atoms with Crippen molar-refractivity contribution in [1.29, 1.82) is 0 Å². The van der Waals surface area contributed by atoms with Crippen LogP contribution in [0.4, 0.5) is 0 Å². The standard InChI is InChI=1S/C17H18INO/c18-16-12-5-4-11-15(16)17(20)19-13-7-6-10-14-8-2-1-3-9-14/h1-5,8-9,11-12H,6-7,10,13H2,(H,19,20). The molecule has 0 spiro atoms. The first-order valence-electron chi connectivity index (χ1n) is 6.84. The molecule has 0 aliphatic carbocycles. The van der Waals surface area contributed by atoms with Gasteiger partial charge in [-0.25, -0.2) is 0 Å². The van der Waals surface area contributed by atoms with Crippen molar-refractivity contribution in [3.05, 3.63) is 69.3 Å². The largest absolute Gasteiger partial charge is 0.352 e. The molecule has 2 rings (SSSR count). The first-order valence-corrected chi connectivity index (χ1v) is 7.92. The van der Waals surface area contributed by atoms with E-state index in [0.29, 0.717) is 0 Å². The lowest BCUT2D eigenvalue weighted by Gasteiger charge is -2.06. The van der Waals surface area contributed by atoms with Gasteiger partial charge in [0.2, 0.25) is 0 Å². The van der Waals surface area contributed by atoms with Crippen LogP contribution in [0.15, 0.2) is 54.6 Å². The number of nitrogens with one attached hydrogen (secondary N) is 1. The van der Waals surface area contributed by atoms with Crippen molar-refractivity contribution in [2.24, 2.45) is 0 Å². The monoisotopic (exact) mass is 379 g/mol. The van der Waals surface area contributed by atoms with Crippen LogP contribution < -0.4 is 5.32 Å². The third-order valence-electron chi connectivity index (χ3n) is 3.14. The van der Waals surface area contributed by atoms with Gasteiger partial charge in [0, 0.05) is 10.1 Å². The molecule has 104 valence electrons. The zero-order chi connectivity index (χ0) is 14.2. The maximum atomic E-state index is 12.0. The van der Waals surface area contributed by atoms with E-state index in [1.54, 1.807) is 0 Å². The number of halogens is 1. The SMILES string of the molecule is O=C(NCCCCc1ccccc1)c1ccccc1I. The van der Waals surface area contributed by atoms with Crippen molar-refractivity contribution in [2.75, 3.05) is 6.54 Å². The summed E-state index contributed by atoms with van der Waals surface area (Å²) in [6.45, 7) is 0.733. The number of aryl methyl sites for hydroxylation is 1. The molecular formula is C17H18INO. The van der Waals surface area contributed by atoms with Gasteiger partial charge in [-0.05, 0) is 59.5 Å². The summed E-state index contributed by atoms with van der Waals surface area (Å²) < 4.78 is 0.992. The summed E-state index contributed by atoms with van der Waals surface area (Å²) in [6.07, 6.45) is 3.17. The third kappa shape index (κ3) is 4.63. The Bertz CT molecular complexity index is 554. The lowest BCUT2D eigenvalue weighted by Crippen LogP contribution is -2.25. The normalized spacial score (nSPS) is 10.2. The topological polar surface area (TPSA) is 29.1 Å². The summed E-state index contributed by atoms with van der Waals surface area (Å²) in [5, 5.41) is 2.98. The molecule has 0 bridgehead atoms. The molecule has 2 aromatic carbocycles. The quantitative estimate of drug-likeness (QED) is 0.596. The third-order valence-corrected chi connectivity index (χ3v) is 4.08. The van der Waals surface area contributed by atoms with Gasteiger partial charge in [0.05, 0.1) is 5.56 Å². The number of benzene rings is 2. The van der Waals surface area contributed by atoms with Crippen LogP contribution in [0, 0.1) is 3.57 Å². The zero-order valence-corrected chi connectivity index (χ0v) is 13.5. The molecule has 0 fully saturated rings. The zero-order valence-electron chi connectivity index (χ0n) is 11.3. The number of hydrogen-bond acceptors (Lipinski definition) is 1. The fraction of sp³-hybridized carbons (Fsp3) is 0.235. The van der Waals surface area contributed by atoms with Gasteiger partial charge < -0.3 is 5.32 Å². The maximum Gasteiger partial charge on any atom is 0.252 e. The maximum absolute atomic E-state index is 12.0. The van der Waals surface area contributed by atoms with Crippen molar-refractivity contribution in [3.8, 4) is 0 Å². The highest BCUT2D eigenvalue weighted by Gasteiger charge is 2.07. The van der Waals surface area contributed by atoms with E-state index in [9.17, 15) is 4.79 Å². The number of amides is 1. The summed E-state index contributed by atoms with van der Waals surface area (Å²) in [4.78, 5) is 12.0. The molecule has 1 N–H and O–H groups in total. The highest BCUT2D eigenvalue weighted by atomic mass is 127. The molecule has 0 atom stereocenters. The van der Waals surface area contributed by atoms with Gasteiger partial charge >= 0.3 is 0 Å². The summed E-state index contributed by atoms with van der Waals surface area (Å²) >= 11 is 2.19. The number of rotatable bonds is 6. The molecule has 0 aromatic heterocycles. The van der Waals surface area contributed by atoms with Crippen molar-refractivity contribution < 1.29 is 4.79 Å². The van der Waals surface area contributed by atoms with Crippen LogP contribution in [0.2, 0.25) is 0 Å². The molecule has 0 radical (unpaired) electrons. The molecule has 0 aliphatic heterocycles. The molecule has 1 amide bonds. The second-order valence-electron chi connectivity index (χ2n) is 4.68. The first-order chi connectivity index (χ1) is 9.77. The van der Waals surface area contributed by atoms with Gasteiger partial charge in [-0.15, -0.1) is 0 Å². The summed E-state index contributed by atoms with van der Waals surface area (Å²) in [6, 6.07) is 18.1. The average Bonchev–Trinajstić information content (AvgIpc) is 2.48. The van der Waals surface area contributed by atoms with Gasteiger partial charge in [0.15, 0.2) is 0 Å².